The molecule has 1 fully saturated rings. The summed E-state index contributed by atoms with van der Waals surface area (Å²) in [6.45, 7) is 6.42. The molecule has 0 saturated carbocycles. The van der Waals surface area contributed by atoms with Crippen LogP contribution < -0.4 is 5.32 Å². The van der Waals surface area contributed by atoms with E-state index in [9.17, 15) is 4.79 Å². The molecule has 1 N–H and O–H groups in total. The van der Waals surface area contributed by atoms with Gasteiger partial charge < -0.3 is 10.2 Å². The van der Waals surface area contributed by atoms with Crippen LogP contribution in [0.25, 0.3) is 5.69 Å². The Kier molecular flexibility index (Phi) is 5.15. The van der Waals surface area contributed by atoms with Crippen LogP contribution in [-0.2, 0) is 0 Å². The van der Waals surface area contributed by atoms with E-state index in [-0.39, 0.29) is 18.3 Å². The molecular weight excluding hydrogens is 302 g/mol. The summed E-state index contributed by atoms with van der Waals surface area (Å²) in [5.74, 6) is 0.103. The fraction of sp³-hybridized carbons (Fsp3) is 0.400. The number of rotatable bonds is 2. The van der Waals surface area contributed by atoms with Crippen LogP contribution in [0.4, 0.5) is 0 Å². The molecule has 3 rings (SSSR count). The summed E-state index contributed by atoms with van der Waals surface area (Å²) in [6.07, 6.45) is 3.14. The minimum absolute atomic E-state index is 0. The van der Waals surface area contributed by atoms with Crippen LogP contribution in [0.5, 0.6) is 0 Å². The quantitative estimate of drug-likeness (QED) is 0.909. The third-order valence-electron chi connectivity index (χ3n) is 3.78. The van der Waals surface area contributed by atoms with Crippen molar-refractivity contribution in [1.29, 1.82) is 0 Å². The molecule has 1 atom stereocenters. The maximum Gasteiger partial charge on any atom is 0.254 e. The predicted octanol–water partition coefficient (Wildman–Crippen LogP) is 1.43. The fourth-order valence-electron chi connectivity index (χ4n) is 2.66. The van der Waals surface area contributed by atoms with Gasteiger partial charge in [-0.05, 0) is 37.6 Å². The summed E-state index contributed by atoms with van der Waals surface area (Å²) < 4.78 is 1.69. The maximum atomic E-state index is 12.6. The van der Waals surface area contributed by atoms with Crippen molar-refractivity contribution in [1.82, 2.24) is 25.0 Å². The zero-order valence-corrected chi connectivity index (χ0v) is 13.5. The van der Waals surface area contributed by atoms with Crippen molar-refractivity contribution in [3.05, 3.63) is 42.0 Å². The summed E-state index contributed by atoms with van der Waals surface area (Å²) in [6, 6.07) is 6.09. The Morgan fingerprint density at radius 1 is 1.41 bits per heavy atom. The summed E-state index contributed by atoms with van der Waals surface area (Å²) in [5.41, 5.74) is 2.63. The Bertz CT molecular complexity index is 643. The van der Waals surface area contributed by atoms with Gasteiger partial charge in [0.25, 0.3) is 5.91 Å². The number of nitrogens with one attached hydrogen (secondary N) is 1. The van der Waals surface area contributed by atoms with E-state index in [0.717, 1.165) is 36.4 Å². The number of carbonyl (C=O) groups is 1. The molecule has 0 spiro atoms. The molecule has 7 heteroatoms. The van der Waals surface area contributed by atoms with E-state index in [1.165, 1.54) is 6.33 Å². The summed E-state index contributed by atoms with van der Waals surface area (Å²) in [4.78, 5) is 18.5. The summed E-state index contributed by atoms with van der Waals surface area (Å²) >= 11 is 0. The highest BCUT2D eigenvalue weighted by molar-refractivity contribution is 5.96. The first-order valence-corrected chi connectivity index (χ1v) is 7.13. The molecule has 1 aromatic heterocycles. The van der Waals surface area contributed by atoms with Gasteiger partial charge in [-0.25, -0.2) is 9.67 Å². The number of hydrogen-bond acceptors (Lipinski definition) is 4. The highest BCUT2D eigenvalue weighted by Gasteiger charge is 2.22. The van der Waals surface area contributed by atoms with Crippen molar-refractivity contribution in [2.45, 2.75) is 19.9 Å². The third kappa shape index (κ3) is 3.28. The first-order valence-electron chi connectivity index (χ1n) is 7.13. The van der Waals surface area contributed by atoms with Crippen molar-refractivity contribution < 1.29 is 4.79 Å². The molecule has 1 amide bonds. The normalized spacial score (nSPS) is 17.9. The Hall–Kier alpha value is -1.92. The van der Waals surface area contributed by atoms with Gasteiger partial charge in [0.05, 0.1) is 5.69 Å². The van der Waals surface area contributed by atoms with Crippen LogP contribution in [0.3, 0.4) is 0 Å². The number of hydrogen-bond donors (Lipinski definition) is 1. The topological polar surface area (TPSA) is 63.1 Å². The molecule has 0 bridgehead atoms. The number of nitrogens with zero attached hydrogens (tertiary/aromatic N) is 4. The largest absolute Gasteiger partial charge is 0.336 e. The molecular formula is C15H20ClN5O. The molecule has 1 aliphatic heterocycles. The second-order valence-electron chi connectivity index (χ2n) is 5.45. The number of carbonyl (C=O) groups excluding carboxylic acids is 1. The highest BCUT2D eigenvalue weighted by Crippen LogP contribution is 2.16. The fourth-order valence-corrected chi connectivity index (χ4v) is 2.66. The van der Waals surface area contributed by atoms with Gasteiger partial charge in [-0.2, -0.15) is 5.10 Å². The van der Waals surface area contributed by atoms with Gasteiger partial charge in [-0.15, -0.1) is 12.4 Å². The van der Waals surface area contributed by atoms with E-state index in [1.54, 1.807) is 11.0 Å². The zero-order valence-electron chi connectivity index (χ0n) is 12.7. The molecule has 1 aliphatic rings. The number of halogens is 1. The van der Waals surface area contributed by atoms with Gasteiger partial charge >= 0.3 is 0 Å². The minimum atomic E-state index is 0. The number of piperazine rings is 1. The van der Waals surface area contributed by atoms with Gasteiger partial charge in [0, 0.05) is 31.2 Å². The average molecular weight is 322 g/mol. The Balaban J connectivity index is 0.00000176. The van der Waals surface area contributed by atoms with Crippen molar-refractivity contribution in [2.24, 2.45) is 0 Å². The van der Waals surface area contributed by atoms with Gasteiger partial charge in [0.1, 0.15) is 12.7 Å². The molecule has 1 aromatic carbocycles. The second-order valence-corrected chi connectivity index (χ2v) is 5.45. The maximum absolute atomic E-state index is 12.6. The Morgan fingerprint density at radius 2 is 2.23 bits per heavy atom. The highest BCUT2D eigenvalue weighted by atomic mass is 35.5. The van der Waals surface area contributed by atoms with E-state index in [1.807, 2.05) is 30.0 Å². The smallest absolute Gasteiger partial charge is 0.254 e. The molecule has 118 valence electrons. The second kappa shape index (κ2) is 6.89. The van der Waals surface area contributed by atoms with Crippen LogP contribution in [-0.4, -0.2) is 51.2 Å². The van der Waals surface area contributed by atoms with E-state index < -0.39 is 0 Å². The lowest BCUT2D eigenvalue weighted by molar-refractivity contribution is 0.0708. The van der Waals surface area contributed by atoms with Crippen molar-refractivity contribution >= 4 is 18.3 Å². The van der Waals surface area contributed by atoms with Gasteiger partial charge in [-0.1, -0.05) is 0 Å². The van der Waals surface area contributed by atoms with Crippen LogP contribution in [0.15, 0.2) is 30.9 Å². The average Bonchev–Trinajstić information content (AvgIpc) is 3.00. The van der Waals surface area contributed by atoms with Crippen LogP contribution >= 0.6 is 12.4 Å². The first-order chi connectivity index (χ1) is 10.1. The first kappa shape index (κ1) is 16.5. The van der Waals surface area contributed by atoms with Crippen LogP contribution in [0.1, 0.15) is 22.8 Å². The molecule has 0 aliphatic carbocycles. The van der Waals surface area contributed by atoms with E-state index >= 15 is 0 Å². The Morgan fingerprint density at radius 3 is 2.86 bits per heavy atom. The molecule has 2 aromatic rings. The number of aryl methyl sites for hydroxylation is 1. The van der Waals surface area contributed by atoms with Gasteiger partial charge in [0.2, 0.25) is 0 Å². The van der Waals surface area contributed by atoms with Crippen LogP contribution in [0, 0.1) is 6.92 Å². The predicted molar refractivity (Wildman–Crippen MR) is 86.7 cm³/mol. The number of amides is 1. The monoisotopic (exact) mass is 321 g/mol. The van der Waals surface area contributed by atoms with Gasteiger partial charge in [0.15, 0.2) is 0 Å². The minimum Gasteiger partial charge on any atom is -0.336 e. The lowest BCUT2D eigenvalue weighted by Gasteiger charge is -2.32. The van der Waals surface area contributed by atoms with Gasteiger partial charge in [-0.3, -0.25) is 4.79 Å². The molecule has 1 unspecified atom stereocenters. The number of benzene rings is 1. The number of aromatic nitrogens is 3. The van der Waals surface area contributed by atoms with Crippen molar-refractivity contribution in [2.75, 3.05) is 19.6 Å². The molecule has 1 saturated heterocycles. The summed E-state index contributed by atoms with van der Waals surface area (Å²) in [7, 11) is 0. The van der Waals surface area contributed by atoms with Crippen LogP contribution in [0.2, 0.25) is 0 Å². The standard InChI is InChI=1S/C15H19N5O.ClH/c1-11-7-13(20-10-16-9-18-20)3-4-14(11)15(21)19-6-5-17-12(2)8-19;/h3-4,7,9-10,12,17H,5-6,8H2,1-2H3;1H. The molecule has 22 heavy (non-hydrogen) atoms. The molecule has 0 radical (unpaired) electrons. The van der Waals surface area contributed by atoms with E-state index in [2.05, 4.69) is 22.3 Å². The SMILES string of the molecule is Cc1cc(-n2cncn2)ccc1C(=O)N1CCNC(C)C1.Cl. The Labute approximate surface area is 135 Å². The molecule has 6 nitrogen and oxygen atoms in total. The zero-order chi connectivity index (χ0) is 14.8. The third-order valence-corrected chi connectivity index (χ3v) is 3.78. The van der Waals surface area contributed by atoms with Crippen molar-refractivity contribution in [3.63, 3.8) is 0 Å². The summed E-state index contributed by atoms with van der Waals surface area (Å²) in [5, 5.41) is 7.45. The van der Waals surface area contributed by atoms with E-state index in [0.29, 0.717) is 6.04 Å². The van der Waals surface area contributed by atoms with Crippen molar-refractivity contribution in [3.8, 4) is 5.69 Å². The van der Waals surface area contributed by atoms with E-state index in [4.69, 9.17) is 0 Å². The lowest BCUT2D eigenvalue weighted by Crippen LogP contribution is -2.51. The lowest BCUT2D eigenvalue weighted by atomic mass is 10.1. The molecule has 2 heterocycles.